The maximum Gasteiger partial charge on any atom is 0.250 e. The molecule has 1 heterocycles. The average molecular weight is 262 g/mol. The zero-order valence-electron chi connectivity index (χ0n) is 11.2. The molecule has 3 rings (SSSR count). The topological polar surface area (TPSA) is 38.9 Å². The molecule has 3 heteroatoms. The molecular weight excluding hydrogens is 248 g/mol. The lowest BCUT2D eigenvalue weighted by Crippen LogP contribution is -1.81. The molecule has 0 spiro atoms. The monoisotopic (exact) mass is 262 g/mol. The van der Waals surface area contributed by atoms with E-state index in [0.29, 0.717) is 11.7 Å². The summed E-state index contributed by atoms with van der Waals surface area (Å²) in [5, 5.41) is 4.00. The minimum Gasteiger partial charge on any atom is -0.334 e. The Labute approximate surface area is 117 Å². The van der Waals surface area contributed by atoms with Gasteiger partial charge in [0, 0.05) is 11.6 Å². The zero-order valence-corrected chi connectivity index (χ0v) is 11.2. The summed E-state index contributed by atoms with van der Waals surface area (Å²) in [6, 6.07) is 18.1. The van der Waals surface area contributed by atoms with E-state index in [2.05, 4.69) is 10.1 Å². The summed E-state index contributed by atoms with van der Waals surface area (Å²) < 4.78 is 5.23. The van der Waals surface area contributed by atoms with Gasteiger partial charge in [0.2, 0.25) is 5.82 Å². The molecule has 0 N–H and O–H groups in total. The fourth-order valence-corrected chi connectivity index (χ4v) is 1.94. The standard InChI is InChI=1S/C17H14N2O/c1-13-6-5-9-15(12-13)17-18-16(20-19-17)11-10-14-7-3-2-4-8-14/h2-12H,1H3/b11-10+. The molecule has 0 aliphatic carbocycles. The van der Waals surface area contributed by atoms with Crippen LogP contribution in [0.3, 0.4) is 0 Å². The first kappa shape index (κ1) is 12.4. The van der Waals surface area contributed by atoms with Crippen LogP contribution in [0.4, 0.5) is 0 Å². The number of hydrogen-bond donors (Lipinski definition) is 0. The zero-order chi connectivity index (χ0) is 13.8. The van der Waals surface area contributed by atoms with Crippen LogP contribution in [0.25, 0.3) is 23.5 Å². The van der Waals surface area contributed by atoms with Gasteiger partial charge in [0.1, 0.15) is 0 Å². The van der Waals surface area contributed by atoms with Crippen LogP contribution in [0.5, 0.6) is 0 Å². The Hall–Kier alpha value is -2.68. The second-order valence-corrected chi connectivity index (χ2v) is 4.57. The molecule has 3 nitrogen and oxygen atoms in total. The molecule has 98 valence electrons. The summed E-state index contributed by atoms with van der Waals surface area (Å²) in [5.41, 5.74) is 3.24. The largest absolute Gasteiger partial charge is 0.334 e. The predicted octanol–water partition coefficient (Wildman–Crippen LogP) is 4.22. The Balaban J connectivity index is 1.82. The first-order valence-corrected chi connectivity index (χ1v) is 6.45. The molecule has 0 aliphatic rings. The van der Waals surface area contributed by atoms with Crippen LogP contribution in [-0.4, -0.2) is 10.1 Å². The van der Waals surface area contributed by atoms with E-state index in [-0.39, 0.29) is 0 Å². The van der Waals surface area contributed by atoms with Crippen molar-refractivity contribution in [2.24, 2.45) is 0 Å². The summed E-state index contributed by atoms with van der Waals surface area (Å²) in [4.78, 5) is 4.37. The molecule has 0 amide bonds. The van der Waals surface area contributed by atoms with E-state index in [1.54, 1.807) is 0 Å². The van der Waals surface area contributed by atoms with Crippen LogP contribution < -0.4 is 0 Å². The van der Waals surface area contributed by atoms with E-state index in [9.17, 15) is 0 Å². The normalized spacial score (nSPS) is 11.1. The molecular formula is C17H14N2O. The lowest BCUT2D eigenvalue weighted by Gasteiger charge is -1.94. The molecule has 20 heavy (non-hydrogen) atoms. The van der Waals surface area contributed by atoms with Crippen molar-refractivity contribution in [2.75, 3.05) is 0 Å². The fraction of sp³-hybridized carbons (Fsp3) is 0.0588. The first-order valence-electron chi connectivity index (χ1n) is 6.45. The highest BCUT2D eigenvalue weighted by molar-refractivity contribution is 5.66. The second-order valence-electron chi connectivity index (χ2n) is 4.57. The van der Waals surface area contributed by atoms with Crippen molar-refractivity contribution >= 4 is 12.2 Å². The number of benzene rings is 2. The highest BCUT2D eigenvalue weighted by Crippen LogP contribution is 2.17. The molecule has 0 fully saturated rings. The molecule has 0 radical (unpaired) electrons. The van der Waals surface area contributed by atoms with Gasteiger partial charge in [-0.3, -0.25) is 0 Å². The fourth-order valence-electron chi connectivity index (χ4n) is 1.94. The minimum atomic E-state index is 0.505. The molecule has 0 saturated heterocycles. The number of aryl methyl sites for hydroxylation is 1. The average Bonchev–Trinajstić information content (AvgIpc) is 2.95. The van der Waals surface area contributed by atoms with E-state index >= 15 is 0 Å². The van der Waals surface area contributed by atoms with E-state index in [0.717, 1.165) is 11.1 Å². The number of nitrogens with zero attached hydrogens (tertiary/aromatic N) is 2. The van der Waals surface area contributed by atoms with Gasteiger partial charge in [-0.2, -0.15) is 4.98 Å². The van der Waals surface area contributed by atoms with Crippen LogP contribution in [0.2, 0.25) is 0 Å². The third-order valence-corrected chi connectivity index (χ3v) is 2.94. The van der Waals surface area contributed by atoms with Crippen molar-refractivity contribution in [1.82, 2.24) is 10.1 Å². The van der Waals surface area contributed by atoms with Crippen LogP contribution in [0, 0.1) is 6.92 Å². The summed E-state index contributed by atoms with van der Waals surface area (Å²) in [6.07, 6.45) is 3.77. The van der Waals surface area contributed by atoms with E-state index in [1.165, 1.54) is 5.56 Å². The SMILES string of the molecule is Cc1cccc(-c2noc(/C=C/c3ccccc3)n2)c1. The van der Waals surface area contributed by atoms with E-state index in [1.807, 2.05) is 73.7 Å². The molecule has 0 bridgehead atoms. The molecule has 1 aromatic heterocycles. The summed E-state index contributed by atoms with van der Waals surface area (Å²) in [5.74, 6) is 1.12. The number of aromatic nitrogens is 2. The van der Waals surface area contributed by atoms with Crippen molar-refractivity contribution < 1.29 is 4.52 Å². The van der Waals surface area contributed by atoms with Gasteiger partial charge < -0.3 is 4.52 Å². The second kappa shape index (κ2) is 5.53. The molecule has 3 aromatic rings. The van der Waals surface area contributed by atoms with Gasteiger partial charge >= 0.3 is 0 Å². The Bertz CT molecular complexity index is 730. The first-order chi connectivity index (χ1) is 9.81. The highest BCUT2D eigenvalue weighted by atomic mass is 16.5. The lowest BCUT2D eigenvalue weighted by molar-refractivity contribution is 0.411. The smallest absolute Gasteiger partial charge is 0.250 e. The number of hydrogen-bond acceptors (Lipinski definition) is 3. The lowest BCUT2D eigenvalue weighted by atomic mass is 10.1. The maximum atomic E-state index is 5.23. The van der Waals surface area contributed by atoms with Gasteiger partial charge in [-0.05, 0) is 24.6 Å². The van der Waals surface area contributed by atoms with Crippen LogP contribution in [0.1, 0.15) is 17.0 Å². The van der Waals surface area contributed by atoms with Crippen molar-refractivity contribution in [3.63, 3.8) is 0 Å². The summed E-state index contributed by atoms with van der Waals surface area (Å²) in [6.45, 7) is 2.04. The van der Waals surface area contributed by atoms with Crippen molar-refractivity contribution in [3.05, 3.63) is 71.6 Å². The van der Waals surface area contributed by atoms with Crippen molar-refractivity contribution in [2.45, 2.75) is 6.92 Å². The van der Waals surface area contributed by atoms with Crippen molar-refractivity contribution in [3.8, 4) is 11.4 Å². The van der Waals surface area contributed by atoms with Gasteiger partial charge in [-0.15, -0.1) is 0 Å². The highest BCUT2D eigenvalue weighted by Gasteiger charge is 2.06. The molecule has 0 aliphatic heterocycles. The Morgan fingerprint density at radius 2 is 1.80 bits per heavy atom. The molecule has 2 aromatic carbocycles. The van der Waals surface area contributed by atoms with Crippen molar-refractivity contribution in [1.29, 1.82) is 0 Å². The van der Waals surface area contributed by atoms with Gasteiger partial charge in [0.25, 0.3) is 5.89 Å². The molecule has 0 saturated carbocycles. The Morgan fingerprint density at radius 1 is 0.950 bits per heavy atom. The minimum absolute atomic E-state index is 0.505. The van der Waals surface area contributed by atoms with E-state index < -0.39 is 0 Å². The third-order valence-electron chi connectivity index (χ3n) is 2.94. The van der Waals surface area contributed by atoms with E-state index in [4.69, 9.17) is 4.52 Å². The Morgan fingerprint density at radius 3 is 2.60 bits per heavy atom. The molecule has 0 unspecified atom stereocenters. The van der Waals surface area contributed by atoms with Gasteiger partial charge in [-0.1, -0.05) is 59.3 Å². The van der Waals surface area contributed by atoms with Gasteiger partial charge in [0.15, 0.2) is 0 Å². The quantitative estimate of drug-likeness (QED) is 0.709. The summed E-state index contributed by atoms with van der Waals surface area (Å²) >= 11 is 0. The molecule has 0 atom stereocenters. The maximum absolute atomic E-state index is 5.23. The predicted molar refractivity (Wildman–Crippen MR) is 79.8 cm³/mol. The van der Waals surface area contributed by atoms with Crippen LogP contribution in [0.15, 0.2) is 59.1 Å². The van der Waals surface area contributed by atoms with Gasteiger partial charge in [0.05, 0.1) is 0 Å². The van der Waals surface area contributed by atoms with Crippen LogP contribution >= 0.6 is 0 Å². The van der Waals surface area contributed by atoms with Gasteiger partial charge in [-0.25, -0.2) is 0 Å². The third kappa shape index (κ3) is 2.83. The number of rotatable bonds is 3. The Kier molecular flexibility index (Phi) is 3.42. The van der Waals surface area contributed by atoms with Crippen LogP contribution in [-0.2, 0) is 0 Å². The summed E-state index contributed by atoms with van der Waals surface area (Å²) in [7, 11) is 0.